The van der Waals surface area contributed by atoms with Crippen LogP contribution < -0.4 is 5.73 Å². The van der Waals surface area contributed by atoms with Gasteiger partial charge < -0.3 is 5.73 Å². The molecular weight excluding hydrogens is 290 g/mol. The molecule has 0 aliphatic carbocycles. The second-order valence-electron chi connectivity index (χ2n) is 5.43. The van der Waals surface area contributed by atoms with Crippen LogP contribution in [0.3, 0.4) is 0 Å². The minimum absolute atomic E-state index is 0.513. The summed E-state index contributed by atoms with van der Waals surface area (Å²) in [5.74, 6) is 0.865. The van der Waals surface area contributed by atoms with Gasteiger partial charge in [-0.05, 0) is 38.8 Å². The highest BCUT2D eigenvalue weighted by Gasteiger charge is 2.19. The van der Waals surface area contributed by atoms with Gasteiger partial charge in [-0.2, -0.15) is 0 Å². The smallest absolute Gasteiger partial charge is 0.203 e. The van der Waals surface area contributed by atoms with E-state index in [1.807, 2.05) is 6.92 Å². The SMILES string of the molecule is Cc1nc(CN2CCC(C)CC2)sc1-c1nnc(N)s1. The van der Waals surface area contributed by atoms with E-state index in [1.54, 1.807) is 11.3 Å². The van der Waals surface area contributed by atoms with Gasteiger partial charge in [0.15, 0.2) is 5.01 Å². The van der Waals surface area contributed by atoms with Crippen LogP contribution in [0.1, 0.15) is 30.5 Å². The largest absolute Gasteiger partial charge is 0.374 e. The molecule has 2 aromatic heterocycles. The van der Waals surface area contributed by atoms with Gasteiger partial charge in [-0.15, -0.1) is 21.5 Å². The maximum absolute atomic E-state index is 5.66. The Labute approximate surface area is 126 Å². The fourth-order valence-electron chi connectivity index (χ4n) is 2.46. The fourth-order valence-corrected chi connectivity index (χ4v) is 4.29. The number of rotatable bonds is 3. The van der Waals surface area contributed by atoms with E-state index in [1.165, 1.54) is 42.3 Å². The zero-order chi connectivity index (χ0) is 14.1. The molecule has 0 aromatic carbocycles. The Kier molecular flexibility index (Phi) is 4.00. The molecule has 0 amide bonds. The van der Waals surface area contributed by atoms with E-state index in [4.69, 9.17) is 5.73 Å². The van der Waals surface area contributed by atoms with Crippen LogP contribution in [-0.2, 0) is 6.54 Å². The first kappa shape index (κ1) is 13.9. The molecule has 1 saturated heterocycles. The van der Waals surface area contributed by atoms with Gasteiger partial charge in [-0.25, -0.2) is 4.98 Å². The van der Waals surface area contributed by atoms with E-state index < -0.39 is 0 Å². The summed E-state index contributed by atoms with van der Waals surface area (Å²) < 4.78 is 0. The van der Waals surface area contributed by atoms with Crippen molar-refractivity contribution in [2.24, 2.45) is 5.92 Å². The molecule has 3 rings (SSSR count). The van der Waals surface area contributed by atoms with Crippen LogP contribution in [0.15, 0.2) is 0 Å². The molecule has 1 aliphatic heterocycles. The summed E-state index contributed by atoms with van der Waals surface area (Å²) in [6.07, 6.45) is 2.59. The molecule has 0 radical (unpaired) electrons. The highest BCUT2D eigenvalue weighted by Crippen LogP contribution is 2.33. The van der Waals surface area contributed by atoms with Gasteiger partial charge in [0, 0.05) is 0 Å². The van der Waals surface area contributed by atoms with Crippen molar-refractivity contribution in [2.75, 3.05) is 18.8 Å². The first-order chi connectivity index (χ1) is 9.61. The summed E-state index contributed by atoms with van der Waals surface area (Å²) in [4.78, 5) is 8.29. The third-order valence-corrected chi connectivity index (χ3v) is 5.76. The van der Waals surface area contributed by atoms with E-state index >= 15 is 0 Å². The maximum atomic E-state index is 5.66. The molecule has 2 N–H and O–H groups in total. The monoisotopic (exact) mass is 309 g/mol. The van der Waals surface area contributed by atoms with Gasteiger partial charge >= 0.3 is 0 Å². The molecule has 5 nitrogen and oxygen atoms in total. The number of hydrogen-bond donors (Lipinski definition) is 1. The summed E-state index contributed by atoms with van der Waals surface area (Å²) in [6.45, 7) is 7.68. The molecular formula is C13H19N5S2. The normalized spacial score (nSPS) is 17.7. The Balaban J connectivity index is 1.72. The second-order valence-corrected chi connectivity index (χ2v) is 7.52. The number of likely N-dealkylation sites (tertiary alicyclic amines) is 1. The van der Waals surface area contributed by atoms with Crippen molar-refractivity contribution in [2.45, 2.75) is 33.2 Å². The number of aryl methyl sites for hydroxylation is 1. The number of nitrogens with two attached hydrogens (primary N) is 1. The van der Waals surface area contributed by atoms with Crippen molar-refractivity contribution >= 4 is 27.8 Å². The lowest BCUT2D eigenvalue weighted by Crippen LogP contribution is -2.32. The zero-order valence-electron chi connectivity index (χ0n) is 11.8. The Hall–Kier alpha value is -1.05. The van der Waals surface area contributed by atoms with Crippen molar-refractivity contribution in [1.82, 2.24) is 20.1 Å². The number of piperidine rings is 1. The van der Waals surface area contributed by atoms with Crippen molar-refractivity contribution < 1.29 is 0 Å². The zero-order valence-corrected chi connectivity index (χ0v) is 13.4. The number of nitrogen functional groups attached to an aromatic ring is 1. The summed E-state index contributed by atoms with van der Waals surface area (Å²) in [7, 11) is 0. The average molecular weight is 309 g/mol. The quantitative estimate of drug-likeness (QED) is 0.944. The summed E-state index contributed by atoms with van der Waals surface area (Å²) >= 11 is 3.15. The molecule has 3 heterocycles. The van der Waals surface area contributed by atoms with Crippen LogP contribution >= 0.6 is 22.7 Å². The third-order valence-electron chi connectivity index (χ3n) is 3.71. The number of hydrogen-bond acceptors (Lipinski definition) is 7. The Morgan fingerprint density at radius 1 is 1.25 bits per heavy atom. The molecule has 108 valence electrons. The Morgan fingerprint density at radius 3 is 2.65 bits per heavy atom. The van der Waals surface area contributed by atoms with E-state index in [0.29, 0.717) is 5.13 Å². The van der Waals surface area contributed by atoms with Gasteiger partial charge in [-0.3, -0.25) is 4.90 Å². The first-order valence-electron chi connectivity index (χ1n) is 6.90. The van der Waals surface area contributed by atoms with Gasteiger partial charge in [0.25, 0.3) is 0 Å². The molecule has 0 unspecified atom stereocenters. The molecule has 1 fully saturated rings. The van der Waals surface area contributed by atoms with Gasteiger partial charge in [-0.1, -0.05) is 18.3 Å². The van der Waals surface area contributed by atoms with Gasteiger partial charge in [0.1, 0.15) is 5.01 Å². The van der Waals surface area contributed by atoms with Crippen molar-refractivity contribution in [3.8, 4) is 9.88 Å². The average Bonchev–Trinajstić information content (AvgIpc) is 2.98. The summed E-state index contributed by atoms with van der Waals surface area (Å²) in [5, 5.41) is 10.6. The van der Waals surface area contributed by atoms with Crippen LogP contribution in [-0.4, -0.2) is 33.2 Å². The molecule has 0 spiro atoms. The van der Waals surface area contributed by atoms with Crippen molar-refractivity contribution in [1.29, 1.82) is 0 Å². The number of aromatic nitrogens is 3. The van der Waals surface area contributed by atoms with Crippen LogP contribution in [0, 0.1) is 12.8 Å². The molecule has 0 saturated carbocycles. The summed E-state index contributed by atoms with van der Waals surface area (Å²) in [5.41, 5.74) is 6.69. The van der Waals surface area contributed by atoms with E-state index in [-0.39, 0.29) is 0 Å². The van der Waals surface area contributed by atoms with Crippen molar-refractivity contribution in [3.63, 3.8) is 0 Å². The van der Waals surface area contributed by atoms with E-state index in [2.05, 4.69) is 27.0 Å². The summed E-state index contributed by atoms with van der Waals surface area (Å²) in [6, 6.07) is 0. The van der Waals surface area contributed by atoms with Crippen molar-refractivity contribution in [3.05, 3.63) is 10.7 Å². The lowest BCUT2D eigenvalue weighted by molar-refractivity contribution is 0.185. The number of nitrogens with zero attached hydrogens (tertiary/aromatic N) is 4. The van der Waals surface area contributed by atoms with Gasteiger partial charge in [0.2, 0.25) is 5.13 Å². The minimum atomic E-state index is 0.513. The molecule has 1 aliphatic rings. The Bertz CT molecular complexity index is 583. The molecule has 0 atom stereocenters. The fraction of sp³-hybridized carbons (Fsp3) is 0.615. The topological polar surface area (TPSA) is 67.9 Å². The highest BCUT2D eigenvalue weighted by molar-refractivity contribution is 7.23. The van der Waals surface area contributed by atoms with E-state index in [9.17, 15) is 0 Å². The Morgan fingerprint density at radius 2 is 2.00 bits per heavy atom. The minimum Gasteiger partial charge on any atom is -0.374 e. The predicted octanol–water partition coefficient (Wildman–Crippen LogP) is 2.78. The van der Waals surface area contributed by atoms with E-state index in [0.717, 1.165) is 28.0 Å². The second kappa shape index (κ2) is 5.75. The van der Waals surface area contributed by atoms with Crippen LogP contribution in [0.4, 0.5) is 5.13 Å². The van der Waals surface area contributed by atoms with Gasteiger partial charge in [0.05, 0.1) is 17.1 Å². The lowest BCUT2D eigenvalue weighted by Gasteiger charge is -2.29. The lowest BCUT2D eigenvalue weighted by atomic mass is 9.99. The first-order valence-corrected chi connectivity index (χ1v) is 8.53. The highest BCUT2D eigenvalue weighted by atomic mass is 32.1. The third kappa shape index (κ3) is 2.99. The maximum Gasteiger partial charge on any atom is 0.203 e. The molecule has 0 bridgehead atoms. The molecule has 20 heavy (non-hydrogen) atoms. The van der Waals surface area contributed by atoms with Crippen LogP contribution in [0.25, 0.3) is 9.88 Å². The standard InChI is InChI=1S/C13H19N5S2/c1-8-3-5-18(6-4-8)7-10-15-9(2)11(19-10)12-16-17-13(14)20-12/h8H,3-7H2,1-2H3,(H2,14,17). The number of anilines is 1. The number of thiazole rings is 1. The van der Waals surface area contributed by atoms with Crippen LogP contribution in [0.5, 0.6) is 0 Å². The van der Waals surface area contributed by atoms with Crippen LogP contribution in [0.2, 0.25) is 0 Å². The predicted molar refractivity (Wildman–Crippen MR) is 83.8 cm³/mol. The molecule has 7 heteroatoms. The molecule has 2 aromatic rings.